The molecule has 0 amide bonds. The summed E-state index contributed by atoms with van der Waals surface area (Å²) >= 11 is 5.97. The van der Waals surface area contributed by atoms with Crippen LogP contribution in [0.1, 0.15) is 0 Å². The smallest absolute Gasteiger partial charge is 0.175 e. The first-order chi connectivity index (χ1) is 12.9. The number of hydrogen-bond acceptors (Lipinski definition) is 4. The Kier molecular flexibility index (Phi) is 4.37. The Hall–Kier alpha value is -2.83. The van der Waals surface area contributed by atoms with Crippen LogP contribution in [0.15, 0.2) is 77.8 Å². The maximum absolute atomic E-state index is 11.7. The molecule has 7 heteroatoms. The normalized spacial score (nSPS) is 11.6. The van der Waals surface area contributed by atoms with E-state index in [4.69, 9.17) is 16.6 Å². The van der Waals surface area contributed by atoms with E-state index < -0.39 is 9.84 Å². The van der Waals surface area contributed by atoms with Crippen molar-refractivity contribution in [2.45, 2.75) is 4.90 Å². The second-order valence-electron chi connectivity index (χ2n) is 6.17. The average Bonchev–Trinajstić information content (AvgIpc) is 3.02. The second kappa shape index (κ2) is 6.72. The highest BCUT2D eigenvalue weighted by molar-refractivity contribution is 7.90. The molecule has 4 aromatic rings. The van der Waals surface area contributed by atoms with Crippen LogP contribution in [-0.2, 0) is 9.84 Å². The lowest BCUT2D eigenvalue weighted by Crippen LogP contribution is -1.98. The number of nitrogens with one attached hydrogen (secondary N) is 1. The Balaban J connectivity index is 1.83. The molecular weight excluding hydrogens is 382 g/mol. The number of anilines is 2. The first kappa shape index (κ1) is 17.6. The van der Waals surface area contributed by atoms with Crippen LogP contribution in [-0.4, -0.2) is 24.1 Å². The van der Waals surface area contributed by atoms with Crippen LogP contribution in [0.25, 0.3) is 16.9 Å². The van der Waals surface area contributed by atoms with Gasteiger partial charge in [0.05, 0.1) is 4.90 Å². The summed E-state index contributed by atoms with van der Waals surface area (Å²) < 4.78 is 25.4. The Morgan fingerprint density at radius 1 is 0.963 bits per heavy atom. The van der Waals surface area contributed by atoms with Crippen molar-refractivity contribution in [1.29, 1.82) is 0 Å². The van der Waals surface area contributed by atoms with Gasteiger partial charge in [-0.25, -0.2) is 13.4 Å². The van der Waals surface area contributed by atoms with Gasteiger partial charge in [-0.05, 0) is 48.5 Å². The molecule has 0 fully saturated rings. The number of benzene rings is 2. The van der Waals surface area contributed by atoms with Gasteiger partial charge < -0.3 is 5.32 Å². The van der Waals surface area contributed by atoms with E-state index >= 15 is 0 Å². The van der Waals surface area contributed by atoms with E-state index in [0.29, 0.717) is 5.02 Å². The molecule has 0 bridgehead atoms. The lowest BCUT2D eigenvalue weighted by Gasteiger charge is -2.09. The van der Waals surface area contributed by atoms with E-state index in [1.54, 1.807) is 24.3 Å². The van der Waals surface area contributed by atoms with Gasteiger partial charge in [0.1, 0.15) is 17.2 Å². The van der Waals surface area contributed by atoms with Crippen molar-refractivity contribution < 1.29 is 8.42 Å². The van der Waals surface area contributed by atoms with Gasteiger partial charge in [-0.1, -0.05) is 29.8 Å². The Labute approximate surface area is 162 Å². The zero-order valence-electron chi connectivity index (χ0n) is 14.4. The Morgan fingerprint density at radius 3 is 2.33 bits per heavy atom. The fourth-order valence-electron chi connectivity index (χ4n) is 2.85. The van der Waals surface area contributed by atoms with Gasteiger partial charge in [0, 0.05) is 28.7 Å². The molecule has 0 aliphatic rings. The molecule has 27 heavy (non-hydrogen) atoms. The van der Waals surface area contributed by atoms with Gasteiger partial charge in [0.25, 0.3) is 0 Å². The molecule has 0 radical (unpaired) electrons. The van der Waals surface area contributed by atoms with E-state index in [1.165, 1.54) is 6.26 Å². The van der Waals surface area contributed by atoms with E-state index in [2.05, 4.69) is 5.32 Å². The molecule has 0 atom stereocenters. The summed E-state index contributed by atoms with van der Waals surface area (Å²) in [5.41, 5.74) is 3.22. The fourth-order valence-corrected chi connectivity index (χ4v) is 3.60. The van der Waals surface area contributed by atoms with Crippen LogP contribution in [0, 0.1) is 0 Å². The summed E-state index contributed by atoms with van der Waals surface area (Å²) in [6.07, 6.45) is 3.12. The van der Waals surface area contributed by atoms with Gasteiger partial charge >= 0.3 is 0 Å². The first-order valence-electron chi connectivity index (χ1n) is 8.22. The molecule has 4 rings (SSSR count). The summed E-state index contributed by atoms with van der Waals surface area (Å²) in [6, 6.07) is 19.9. The SMILES string of the molecule is CS(=O)(=O)c1ccc(-c2nc3ccccn3c2Nc2ccc(Cl)cc2)cc1. The van der Waals surface area contributed by atoms with Crippen molar-refractivity contribution in [1.82, 2.24) is 9.38 Å². The van der Waals surface area contributed by atoms with Crippen molar-refractivity contribution in [3.63, 3.8) is 0 Å². The minimum atomic E-state index is -3.24. The first-order valence-corrected chi connectivity index (χ1v) is 10.5. The number of imidazole rings is 1. The summed E-state index contributed by atoms with van der Waals surface area (Å²) in [5.74, 6) is 0.792. The van der Waals surface area contributed by atoms with Crippen LogP contribution in [0.2, 0.25) is 5.02 Å². The fraction of sp³-hybridized carbons (Fsp3) is 0.0500. The molecule has 0 unspecified atom stereocenters. The number of halogens is 1. The number of sulfone groups is 1. The van der Waals surface area contributed by atoms with Crippen LogP contribution < -0.4 is 5.32 Å². The number of pyridine rings is 1. The molecular formula is C20H16ClN3O2S. The highest BCUT2D eigenvalue weighted by Gasteiger charge is 2.15. The van der Waals surface area contributed by atoms with Gasteiger partial charge in [-0.2, -0.15) is 0 Å². The van der Waals surface area contributed by atoms with E-state index in [-0.39, 0.29) is 4.90 Å². The molecule has 0 saturated heterocycles. The van der Waals surface area contributed by atoms with Gasteiger partial charge in [-0.15, -0.1) is 0 Å². The lowest BCUT2D eigenvalue weighted by molar-refractivity contribution is 0.602. The quantitative estimate of drug-likeness (QED) is 0.537. The highest BCUT2D eigenvalue weighted by atomic mass is 35.5. The predicted octanol–water partition coefficient (Wildman–Crippen LogP) is 4.80. The molecule has 2 aromatic carbocycles. The summed E-state index contributed by atoms with van der Waals surface area (Å²) in [4.78, 5) is 4.99. The monoisotopic (exact) mass is 397 g/mol. The van der Waals surface area contributed by atoms with Crippen molar-refractivity contribution in [2.75, 3.05) is 11.6 Å². The van der Waals surface area contributed by atoms with Gasteiger partial charge in [0.2, 0.25) is 0 Å². The molecule has 0 aliphatic carbocycles. The summed E-state index contributed by atoms with van der Waals surface area (Å²) in [7, 11) is -3.24. The predicted molar refractivity (Wildman–Crippen MR) is 108 cm³/mol. The van der Waals surface area contributed by atoms with Gasteiger partial charge in [-0.3, -0.25) is 4.40 Å². The molecule has 0 aliphatic heterocycles. The number of fused-ring (bicyclic) bond motifs is 1. The molecule has 2 heterocycles. The third-order valence-corrected chi connectivity index (χ3v) is 5.57. The van der Waals surface area contributed by atoms with Crippen molar-refractivity contribution in [3.05, 3.63) is 77.9 Å². The molecule has 0 saturated carbocycles. The minimum Gasteiger partial charge on any atom is -0.339 e. The molecule has 2 aromatic heterocycles. The van der Waals surface area contributed by atoms with Crippen LogP contribution >= 0.6 is 11.6 Å². The number of hydrogen-bond donors (Lipinski definition) is 1. The Bertz CT molecular complexity index is 1210. The third kappa shape index (κ3) is 3.54. The Morgan fingerprint density at radius 2 is 1.67 bits per heavy atom. The van der Waals surface area contributed by atoms with Gasteiger partial charge in [0.15, 0.2) is 9.84 Å². The maximum atomic E-state index is 11.7. The highest BCUT2D eigenvalue weighted by Crippen LogP contribution is 2.32. The van der Waals surface area contributed by atoms with Crippen LogP contribution in [0.4, 0.5) is 11.5 Å². The van der Waals surface area contributed by atoms with Crippen molar-refractivity contribution in [2.24, 2.45) is 0 Å². The molecule has 5 nitrogen and oxygen atoms in total. The average molecular weight is 398 g/mol. The minimum absolute atomic E-state index is 0.280. The zero-order valence-corrected chi connectivity index (χ0v) is 16.0. The standard InChI is InChI=1S/C20H16ClN3O2S/c1-27(25,26)17-11-5-14(6-12-17)19-20(22-16-9-7-15(21)8-10-16)24-13-3-2-4-18(24)23-19/h2-13,22H,1H3. The zero-order chi connectivity index (χ0) is 19.0. The molecule has 0 spiro atoms. The third-order valence-electron chi connectivity index (χ3n) is 4.19. The summed E-state index contributed by atoms with van der Waals surface area (Å²) in [6.45, 7) is 0. The molecule has 1 N–H and O–H groups in total. The van der Waals surface area contributed by atoms with Crippen LogP contribution in [0.5, 0.6) is 0 Å². The second-order valence-corrected chi connectivity index (χ2v) is 8.62. The maximum Gasteiger partial charge on any atom is 0.175 e. The largest absolute Gasteiger partial charge is 0.339 e. The molecule has 136 valence electrons. The number of rotatable bonds is 4. The number of aromatic nitrogens is 2. The van der Waals surface area contributed by atoms with E-state index in [1.807, 2.05) is 53.1 Å². The topological polar surface area (TPSA) is 63.5 Å². The van der Waals surface area contributed by atoms with Crippen molar-refractivity contribution in [3.8, 4) is 11.3 Å². The summed E-state index contributed by atoms with van der Waals surface area (Å²) in [5, 5.41) is 4.05. The van der Waals surface area contributed by atoms with Crippen molar-refractivity contribution >= 4 is 38.6 Å². The van der Waals surface area contributed by atoms with Crippen LogP contribution in [0.3, 0.4) is 0 Å². The van der Waals surface area contributed by atoms with E-state index in [9.17, 15) is 8.42 Å². The lowest BCUT2D eigenvalue weighted by atomic mass is 10.1. The van der Waals surface area contributed by atoms with E-state index in [0.717, 1.165) is 28.4 Å². The number of nitrogens with zero attached hydrogens (tertiary/aromatic N) is 2.